The average Bonchev–Trinajstić information content (AvgIpc) is 3.56. The molecule has 0 radical (unpaired) electrons. The topological polar surface area (TPSA) is 47.5 Å². The molecule has 0 amide bonds. The number of pyridine rings is 2. The number of fused-ring (bicyclic) bond motifs is 3. The summed E-state index contributed by atoms with van der Waals surface area (Å²) in [4.78, 5) is 6.39. The van der Waals surface area contributed by atoms with Crippen molar-refractivity contribution in [3.63, 3.8) is 0 Å². The van der Waals surface area contributed by atoms with E-state index in [9.17, 15) is 0 Å². The molecule has 4 aromatic heterocycles. The second-order valence-corrected chi connectivity index (χ2v) is 8.84. The van der Waals surface area contributed by atoms with Gasteiger partial charge in [-0.25, -0.2) is 0 Å². The van der Waals surface area contributed by atoms with Gasteiger partial charge in [0, 0.05) is 38.8 Å². The molecule has 164 valence electrons. The molecule has 0 fully saturated rings. The molecular formula is C27H19N5S2. The highest BCUT2D eigenvalue weighted by Gasteiger charge is 2.11. The molecule has 0 saturated heterocycles. The Labute approximate surface area is 207 Å². The lowest BCUT2D eigenvalue weighted by Gasteiger charge is -2.04. The van der Waals surface area contributed by atoms with Gasteiger partial charge in [-0.05, 0) is 85.0 Å². The third-order valence-corrected chi connectivity index (χ3v) is 6.57. The molecular weight excluding hydrogens is 458 g/mol. The SMILES string of the molecule is Sc1ccc2cccn2c1/C=C/c1ccc2c(/C=C/c3c(S)ccc4cccn34)nnc-2cn1. The Morgan fingerprint density at radius 2 is 1.29 bits per heavy atom. The molecule has 0 unspecified atom stereocenters. The summed E-state index contributed by atoms with van der Waals surface area (Å²) in [6.45, 7) is 0. The molecule has 6 rings (SSSR count). The average molecular weight is 478 g/mol. The predicted molar refractivity (Wildman–Crippen MR) is 144 cm³/mol. The molecule has 5 nitrogen and oxygen atoms in total. The monoisotopic (exact) mass is 477 g/mol. The normalized spacial score (nSPS) is 12.2. The quantitative estimate of drug-likeness (QED) is 0.289. The van der Waals surface area contributed by atoms with Gasteiger partial charge in [0.1, 0.15) is 5.69 Å². The standard InChI is InChI=1S/C27H19N5S2/c33-26-13-7-19-3-1-15-31(19)24(26)11-6-18-5-9-21-22(29-30-23(21)17-28-18)10-12-25-27(34)14-8-20-4-2-16-32(20)25/h1-17,33-34H/b11-6+,12-10+. The van der Waals surface area contributed by atoms with Crippen LogP contribution < -0.4 is 0 Å². The van der Waals surface area contributed by atoms with Crippen molar-refractivity contribution >= 4 is 60.6 Å². The summed E-state index contributed by atoms with van der Waals surface area (Å²) in [5, 5.41) is 8.68. The fraction of sp³-hybridized carbons (Fsp3) is 0. The van der Waals surface area contributed by atoms with E-state index in [1.165, 1.54) is 0 Å². The lowest BCUT2D eigenvalue weighted by Crippen LogP contribution is -1.90. The smallest absolute Gasteiger partial charge is 0.113 e. The first kappa shape index (κ1) is 20.8. The van der Waals surface area contributed by atoms with E-state index < -0.39 is 0 Å². The van der Waals surface area contributed by atoms with E-state index >= 15 is 0 Å². The Hall–Kier alpha value is -3.81. The van der Waals surface area contributed by atoms with Gasteiger partial charge in [-0.15, -0.1) is 35.5 Å². The van der Waals surface area contributed by atoms with Crippen LogP contribution in [0, 0.1) is 0 Å². The number of thiol groups is 2. The molecule has 0 saturated carbocycles. The third kappa shape index (κ3) is 3.69. The van der Waals surface area contributed by atoms with Crippen molar-refractivity contribution in [3.8, 4) is 11.3 Å². The number of hydrogen-bond acceptors (Lipinski definition) is 5. The number of nitrogens with zero attached hydrogens (tertiary/aromatic N) is 5. The maximum atomic E-state index is 4.63. The first-order chi connectivity index (χ1) is 16.7. The number of aromatic nitrogens is 5. The van der Waals surface area contributed by atoms with Crippen molar-refractivity contribution in [2.45, 2.75) is 9.79 Å². The van der Waals surface area contributed by atoms with Crippen molar-refractivity contribution in [1.29, 1.82) is 0 Å². The van der Waals surface area contributed by atoms with Crippen LogP contribution in [0.5, 0.6) is 0 Å². The fourth-order valence-corrected chi connectivity index (χ4v) is 4.59. The van der Waals surface area contributed by atoms with E-state index in [0.717, 1.165) is 54.9 Å². The zero-order valence-electron chi connectivity index (χ0n) is 17.9. The Kier molecular flexibility index (Phi) is 5.20. The molecule has 34 heavy (non-hydrogen) atoms. The van der Waals surface area contributed by atoms with Crippen LogP contribution in [0.15, 0.2) is 89.0 Å². The molecule has 0 N–H and O–H groups in total. The second kappa shape index (κ2) is 8.52. The van der Waals surface area contributed by atoms with Gasteiger partial charge in [0.05, 0.1) is 29.0 Å². The predicted octanol–water partition coefficient (Wildman–Crippen LogP) is 6.40. The Morgan fingerprint density at radius 1 is 0.647 bits per heavy atom. The fourth-order valence-electron chi connectivity index (χ4n) is 4.08. The minimum absolute atomic E-state index is 0.743. The number of hydrogen-bond donors (Lipinski definition) is 2. The van der Waals surface area contributed by atoms with E-state index in [1.807, 2.05) is 85.2 Å². The van der Waals surface area contributed by atoms with E-state index in [2.05, 4.69) is 61.4 Å². The summed E-state index contributed by atoms with van der Waals surface area (Å²) in [7, 11) is 0. The first-order valence-electron chi connectivity index (χ1n) is 10.7. The van der Waals surface area contributed by atoms with Gasteiger partial charge in [0.2, 0.25) is 0 Å². The summed E-state index contributed by atoms with van der Waals surface area (Å²) in [6, 6.07) is 20.3. The lowest BCUT2D eigenvalue weighted by molar-refractivity contribution is 1.08. The molecule has 2 aliphatic rings. The maximum absolute atomic E-state index is 4.63. The van der Waals surface area contributed by atoms with Crippen molar-refractivity contribution in [2.75, 3.05) is 0 Å². The Morgan fingerprint density at radius 3 is 1.97 bits per heavy atom. The molecule has 0 aliphatic carbocycles. The van der Waals surface area contributed by atoms with Crippen LogP contribution in [-0.2, 0) is 0 Å². The molecule has 0 spiro atoms. The van der Waals surface area contributed by atoms with Gasteiger partial charge in [-0.2, -0.15) is 0 Å². The van der Waals surface area contributed by atoms with Gasteiger partial charge < -0.3 is 8.80 Å². The minimum atomic E-state index is 0.743. The summed E-state index contributed by atoms with van der Waals surface area (Å²) in [5.74, 6) is 0. The van der Waals surface area contributed by atoms with Crippen molar-refractivity contribution in [2.24, 2.45) is 0 Å². The molecule has 2 aliphatic heterocycles. The summed E-state index contributed by atoms with van der Waals surface area (Å²) in [6.07, 6.45) is 13.8. The van der Waals surface area contributed by atoms with E-state index in [4.69, 9.17) is 0 Å². The van der Waals surface area contributed by atoms with E-state index in [1.54, 1.807) is 6.20 Å². The molecule has 7 heteroatoms. The van der Waals surface area contributed by atoms with Crippen LogP contribution in [-0.4, -0.2) is 24.0 Å². The van der Waals surface area contributed by atoms with Gasteiger partial charge in [0.25, 0.3) is 0 Å². The van der Waals surface area contributed by atoms with E-state index in [-0.39, 0.29) is 0 Å². The van der Waals surface area contributed by atoms with Gasteiger partial charge in [-0.3, -0.25) is 4.98 Å². The largest absolute Gasteiger partial charge is 0.316 e. The highest BCUT2D eigenvalue weighted by atomic mass is 32.1. The first-order valence-corrected chi connectivity index (χ1v) is 11.6. The van der Waals surface area contributed by atoms with Crippen LogP contribution in [0.3, 0.4) is 0 Å². The van der Waals surface area contributed by atoms with Crippen LogP contribution in [0.1, 0.15) is 22.8 Å². The molecule has 0 atom stereocenters. The summed E-state index contributed by atoms with van der Waals surface area (Å²) in [5.41, 5.74) is 7.51. The third-order valence-electron chi connectivity index (χ3n) is 5.81. The van der Waals surface area contributed by atoms with Crippen LogP contribution in [0.2, 0.25) is 0 Å². The van der Waals surface area contributed by atoms with Crippen LogP contribution >= 0.6 is 25.3 Å². The van der Waals surface area contributed by atoms with Gasteiger partial charge >= 0.3 is 0 Å². The highest BCUT2D eigenvalue weighted by Crippen LogP contribution is 2.26. The van der Waals surface area contributed by atoms with E-state index in [0.29, 0.717) is 0 Å². The van der Waals surface area contributed by atoms with Crippen LogP contribution in [0.25, 0.3) is 46.6 Å². The molecule has 0 bridgehead atoms. The minimum Gasteiger partial charge on any atom is -0.316 e. The zero-order chi connectivity index (χ0) is 23.1. The van der Waals surface area contributed by atoms with Gasteiger partial charge in [0.15, 0.2) is 0 Å². The summed E-state index contributed by atoms with van der Waals surface area (Å²) >= 11 is 9.25. The highest BCUT2D eigenvalue weighted by molar-refractivity contribution is 7.80. The van der Waals surface area contributed by atoms with Crippen molar-refractivity contribution in [3.05, 3.63) is 102 Å². The Bertz CT molecular complexity index is 1690. The summed E-state index contributed by atoms with van der Waals surface area (Å²) < 4.78 is 4.20. The zero-order valence-corrected chi connectivity index (χ0v) is 19.7. The lowest BCUT2D eigenvalue weighted by atomic mass is 10.1. The Balaban J connectivity index is 1.34. The van der Waals surface area contributed by atoms with Crippen LogP contribution in [0.4, 0.5) is 0 Å². The maximum Gasteiger partial charge on any atom is 0.113 e. The molecule has 6 heterocycles. The van der Waals surface area contributed by atoms with Gasteiger partial charge in [-0.1, -0.05) is 0 Å². The second-order valence-electron chi connectivity index (χ2n) is 7.88. The van der Waals surface area contributed by atoms with Crippen molar-refractivity contribution < 1.29 is 0 Å². The molecule has 4 aromatic rings. The molecule has 0 aromatic carbocycles. The van der Waals surface area contributed by atoms with Crippen molar-refractivity contribution in [1.82, 2.24) is 24.0 Å². The number of rotatable bonds is 4.